The molecule has 1 N–H and O–H groups in total. The third-order valence-electron chi connectivity index (χ3n) is 7.48. The fourth-order valence-electron chi connectivity index (χ4n) is 5.91. The van der Waals surface area contributed by atoms with Crippen LogP contribution in [0.25, 0.3) is 0 Å². The Bertz CT molecular complexity index is 965. The van der Waals surface area contributed by atoms with Crippen LogP contribution in [0.3, 0.4) is 0 Å². The van der Waals surface area contributed by atoms with Crippen LogP contribution in [0, 0.1) is 0 Å². The molecular weight excluding hydrogens is 388 g/mol. The van der Waals surface area contributed by atoms with Crippen molar-refractivity contribution in [2.45, 2.75) is 56.7 Å². The lowest BCUT2D eigenvalue weighted by atomic mass is 9.71. The molecular formula is C26H32N2O3. The molecule has 1 saturated heterocycles. The predicted molar refractivity (Wildman–Crippen MR) is 120 cm³/mol. The van der Waals surface area contributed by atoms with E-state index >= 15 is 0 Å². The number of ether oxygens (including phenoxy) is 2. The molecule has 164 valence electrons. The summed E-state index contributed by atoms with van der Waals surface area (Å²) >= 11 is 0. The molecule has 0 radical (unpaired) electrons. The van der Waals surface area contributed by atoms with Crippen molar-refractivity contribution in [1.82, 2.24) is 10.2 Å². The van der Waals surface area contributed by atoms with Crippen LogP contribution in [0.5, 0.6) is 5.75 Å². The van der Waals surface area contributed by atoms with Crippen molar-refractivity contribution < 1.29 is 14.3 Å². The SMILES string of the molecule is CCC(=O)N[C@@H]1c2ccccc2C2(CCN(Cc3ccc4c(c3)CCO4)CC2)[C@H]1OC. The Morgan fingerprint density at radius 1 is 1.23 bits per heavy atom. The second kappa shape index (κ2) is 8.29. The number of amides is 1. The highest BCUT2D eigenvalue weighted by Crippen LogP contribution is 2.52. The molecule has 1 spiro atoms. The zero-order chi connectivity index (χ0) is 21.4. The number of rotatable bonds is 5. The van der Waals surface area contributed by atoms with E-state index in [2.05, 4.69) is 52.7 Å². The van der Waals surface area contributed by atoms with Gasteiger partial charge in [0.1, 0.15) is 5.75 Å². The topological polar surface area (TPSA) is 50.8 Å². The number of nitrogens with one attached hydrogen (secondary N) is 1. The van der Waals surface area contributed by atoms with Gasteiger partial charge in [-0.2, -0.15) is 0 Å². The number of fused-ring (bicyclic) bond motifs is 3. The van der Waals surface area contributed by atoms with Gasteiger partial charge in [-0.25, -0.2) is 0 Å². The molecule has 0 saturated carbocycles. The monoisotopic (exact) mass is 420 g/mol. The van der Waals surface area contributed by atoms with E-state index in [0.717, 1.165) is 51.3 Å². The lowest BCUT2D eigenvalue weighted by molar-refractivity contribution is -0.123. The maximum Gasteiger partial charge on any atom is 0.220 e. The lowest BCUT2D eigenvalue weighted by Crippen LogP contribution is -2.50. The number of carbonyl (C=O) groups excluding carboxylic acids is 1. The first kappa shape index (κ1) is 20.5. The number of hydrogen-bond acceptors (Lipinski definition) is 4. The first-order chi connectivity index (χ1) is 15.1. The molecule has 5 heteroatoms. The Morgan fingerprint density at radius 2 is 2.03 bits per heavy atom. The maximum atomic E-state index is 12.3. The van der Waals surface area contributed by atoms with E-state index in [4.69, 9.17) is 9.47 Å². The quantitative estimate of drug-likeness (QED) is 0.800. The van der Waals surface area contributed by atoms with Crippen LogP contribution >= 0.6 is 0 Å². The van der Waals surface area contributed by atoms with Crippen molar-refractivity contribution in [3.63, 3.8) is 0 Å². The summed E-state index contributed by atoms with van der Waals surface area (Å²) in [7, 11) is 1.79. The predicted octanol–water partition coefficient (Wildman–Crippen LogP) is 3.75. The van der Waals surface area contributed by atoms with Gasteiger partial charge in [-0.3, -0.25) is 9.69 Å². The Kier molecular flexibility index (Phi) is 5.49. The second-order valence-corrected chi connectivity index (χ2v) is 9.12. The van der Waals surface area contributed by atoms with E-state index in [1.165, 1.54) is 22.3 Å². The summed E-state index contributed by atoms with van der Waals surface area (Å²) in [5.74, 6) is 1.13. The normalized spacial score (nSPS) is 23.9. The number of benzene rings is 2. The Hall–Kier alpha value is -2.37. The minimum Gasteiger partial charge on any atom is -0.493 e. The standard InChI is InChI=1S/C26H32N2O3/c1-3-23(29)27-24-20-6-4-5-7-21(20)26(25(24)30-2)11-13-28(14-12-26)17-18-8-9-22-19(16-18)10-15-31-22/h4-9,16,24-25H,3,10-15,17H2,1-2H3,(H,27,29)/t24-,25+/m1/s1. The van der Waals surface area contributed by atoms with Gasteiger partial charge >= 0.3 is 0 Å². The van der Waals surface area contributed by atoms with Gasteiger partial charge in [0, 0.05) is 31.9 Å². The van der Waals surface area contributed by atoms with Crippen LogP contribution in [0.4, 0.5) is 0 Å². The van der Waals surface area contributed by atoms with Gasteiger partial charge in [0.2, 0.25) is 5.91 Å². The van der Waals surface area contributed by atoms with Crippen molar-refractivity contribution in [2.75, 3.05) is 26.8 Å². The van der Waals surface area contributed by atoms with E-state index < -0.39 is 0 Å². The maximum absolute atomic E-state index is 12.3. The van der Waals surface area contributed by atoms with Crippen molar-refractivity contribution in [3.05, 3.63) is 64.7 Å². The van der Waals surface area contributed by atoms with Crippen LogP contribution in [0.15, 0.2) is 42.5 Å². The molecule has 2 aromatic carbocycles. The van der Waals surface area contributed by atoms with Crippen LogP contribution in [-0.2, 0) is 27.9 Å². The summed E-state index contributed by atoms with van der Waals surface area (Å²) in [5.41, 5.74) is 5.24. The van der Waals surface area contributed by atoms with E-state index in [1.54, 1.807) is 7.11 Å². The van der Waals surface area contributed by atoms with Gasteiger partial charge in [-0.1, -0.05) is 43.3 Å². The molecule has 5 nitrogen and oxygen atoms in total. The minimum atomic E-state index is -0.0723. The highest BCUT2D eigenvalue weighted by molar-refractivity contribution is 5.76. The molecule has 3 aliphatic rings. The van der Waals surface area contributed by atoms with Crippen molar-refractivity contribution >= 4 is 5.91 Å². The van der Waals surface area contributed by atoms with E-state index in [-0.39, 0.29) is 23.5 Å². The zero-order valence-electron chi connectivity index (χ0n) is 18.5. The number of carbonyl (C=O) groups is 1. The lowest BCUT2D eigenvalue weighted by Gasteiger charge is -2.44. The van der Waals surface area contributed by atoms with Gasteiger partial charge in [0.15, 0.2) is 0 Å². The van der Waals surface area contributed by atoms with Crippen molar-refractivity contribution in [3.8, 4) is 5.75 Å². The third kappa shape index (κ3) is 3.54. The fraction of sp³-hybridized carbons (Fsp3) is 0.500. The molecule has 1 amide bonds. The molecule has 31 heavy (non-hydrogen) atoms. The number of likely N-dealkylation sites (tertiary alicyclic amines) is 1. The third-order valence-corrected chi connectivity index (χ3v) is 7.48. The smallest absolute Gasteiger partial charge is 0.220 e. The van der Waals surface area contributed by atoms with Crippen LogP contribution in [-0.4, -0.2) is 43.7 Å². The molecule has 0 bridgehead atoms. The number of hydrogen-bond donors (Lipinski definition) is 1. The summed E-state index contributed by atoms with van der Waals surface area (Å²) < 4.78 is 11.8. The first-order valence-electron chi connectivity index (χ1n) is 11.5. The highest BCUT2D eigenvalue weighted by atomic mass is 16.5. The molecule has 2 aliphatic heterocycles. The fourth-order valence-corrected chi connectivity index (χ4v) is 5.91. The molecule has 1 fully saturated rings. The van der Waals surface area contributed by atoms with Gasteiger partial charge in [0.05, 0.1) is 18.8 Å². The summed E-state index contributed by atoms with van der Waals surface area (Å²) in [5, 5.41) is 3.24. The summed E-state index contributed by atoms with van der Waals surface area (Å²) in [4.78, 5) is 14.8. The van der Waals surface area contributed by atoms with Crippen LogP contribution in [0.2, 0.25) is 0 Å². The Morgan fingerprint density at radius 3 is 2.81 bits per heavy atom. The molecule has 2 aromatic rings. The summed E-state index contributed by atoms with van der Waals surface area (Å²) in [6.45, 7) is 5.72. The number of piperidine rings is 1. The Labute approximate surface area is 184 Å². The van der Waals surface area contributed by atoms with E-state index in [0.29, 0.717) is 6.42 Å². The van der Waals surface area contributed by atoms with Gasteiger partial charge in [0.25, 0.3) is 0 Å². The number of methoxy groups -OCH3 is 1. The van der Waals surface area contributed by atoms with Gasteiger partial charge < -0.3 is 14.8 Å². The Balaban J connectivity index is 1.35. The van der Waals surface area contributed by atoms with Gasteiger partial charge in [-0.15, -0.1) is 0 Å². The largest absolute Gasteiger partial charge is 0.493 e. The van der Waals surface area contributed by atoms with E-state index in [9.17, 15) is 4.79 Å². The summed E-state index contributed by atoms with van der Waals surface area (Å²) in [6, 6.07) is 15.2. The zero-order valence-corrected chi connectivity index (χ0v) is 18.5. The van der Waals surface area contributed by atoms with Gasteiger partial charge in [-0.05, 0) is 54.3 Å². The average Bonchev–Trinajstić information content (AvgIpc) is 3.36. The number of nitrogens with zero attached hydrogens (tertiary/aromatic N) is 1. The first-order valence-corrected chi connectivity index (χ1v) is 11.5. The van der Waals surface area contributed by atoms with Crippen LogP contribution in [0.1, 0.15) is 54.5 Å². The molecule has 2 atom stereocenters. The highest BCUT2D eigenvalue weighted by Gasteiger charge is 2.53. The molecule has 0 aromatic heterocycles. The molecule has 0 unspecified atom stereocenters. The second-order valence-electron chi connectivity index (χ2n) is 9.12. The minimum absolute atomic E-state index is 0.0281. The molecule has 5 rings (SSSR count). The van der Waals surface area contributed by atoms with Crippen molar-refractivity contribution in [2.24, 2.45) is 0 Å². The van der Waals surface area contributed by atoms with E-state index in [1.807, 2.05) is 6.92 Å². The summed E-state index contributed by atoms with van der Waals surface area (Å²) in [6.07, 6.45) is 3.55. The average molecular weight is 421 g/mol. The van der Waals surface area contributed by atoms with Crippen molar-refractivity contribution in [1.29, 1.82) is 0 Å². The van der Waals surface area contributed by atoms with Crippen LogP contribution < -0.4 is 10.1 Å². The molecule has 1 aliphatic carbocycles. The molecule has 2 heterocycles.